The normalized spacial score (nSPS) is 19.5. The molecule has 142 valence electrons. The minimum absolute atomic E-state index is 0.101. The first-order chi connectivity index (χ1) is 12.1. The summed E-state index contributed by atoms with van der Waals surface area (Å²) < 4.78 is 59.9. The van der Waals surface area contributed by atoms with Crippen molar-refractivity contribution in [3.63, 3.8) is 0 Å². The van der Waals surface area contributed by atoms with Crippen LogP contribution in [0.25, 0.3) is 0 Å². The molecule has 1 amide bonds. The van der Waals surface area contributed by atoms with Crippen LogP contribution < -0.4 is 0 Å². The Labute approximate surface area is 150 Å². The van der Waals surface area contributed by atoms with Crippen molar-refractivity contribution < 1.29 is 27.0 Å². The van der Waals surface area contributed by atoms with Crippen LogP contribution in [0.1, 0.15) is 44.7 Å². The van der Waals surface area contributed by atoms with Gasteiger partial charge in [-0.25, -0.2) is 17.4 Å². The van der Waals surface area contributed by atoms with Gasteiger partial charge in [0.1, 0.15) is 27.0 Å². The molecule has 9 heteroatoms. The maximum Gasteiger partial charge on any atom is 0.277 e. The molecule has 1 aliphatic heterocycles. The molecular formula is C17H19F3N2O3S. The smallest absolute Gasteiger partial charge is 0.277 e. The summed E-state index contributed by atoms with van der Waals surface area (Å²) >= 11 is 0. The fourth-order valence-corrected chi connectivity index (χ4v) is 4.26. The molecule has 1 heterocycles. The van der Waals surface area contributed by atoms with Crippen LogP contribution in [0, 0.1) is 11.6 Å². The standard InChI is InChI=1S/C17H19F3N2O3S/c1-4-5-9-13(23)22-26(24,14-10-17(2,3)25-21-14)16(20)15-11(18)7-6-8-12(15)19/h5-9,16H,4,10H2,1-3H3/b9-5+. The van der Waals surface area contributed by atoms with Crippen LogP contribution in [0.4, 0.5) is 13.2 Å². The molecule has 2 unspecified atom stereocenters. The number of amides is 1. The van der Waals surface area contributed by atoms with Gasteiger partial charge in [0.25, 0.3) is 5.91 Å². The molecule has 5 nitrogen and oxygen atoms in total. The third kappa shape index (κ3) is 4.14. The molecule has 0 spiro atoms. The van der Waals surface area contributed by atoms with E-state index in [1.807, 2.05) is 0 Å². The summed E-state index contributed by atoms with van der Waals surface area (Å²) in [5, 5.41) is 3.24. The second-order valence-electron chi connectivity index (χ2n) is 6.27. The van der Waals surface area contributed by atoms with E-state index in [0.29, 0.717) is 6.42 Å². The van der Waals surface area contributed by atoms with Gasteiger partial charge in [-0.05, 0) is 32.4 Å². The van der Waals surface area contributed by atoms with Crippen molar-refractivity contribution in [1.82, 2.24) is 0 Å². The quantitative estimate of drug-likeness (QED) is 0.718. The van der Waals surface area contributed by atoms with Gasteiger partial charge in [0.2, 0.25) is 5.50 Å². The fraction of sp³-hybridized carbons (Fsp3) is 0.412. The highest BCUT2D eigenvalue weighted by Crippen LogP contribution is 2.36. The molecule has 1 aromatic rings. The van der Waals surface area contributed by atoms with Crippen LogP contribution in [-0.2, 0) is 19.4 Å². The number of allylic oxidation sites excluding steroid dienone is 1. The summed E-state index contributed by atoms with van der Waals surface area (Å²) in [5.41, 5.74) is -4.68. The number of oxime groups is 1. The van der Waals surface area contributed by atoms with Gasteiger partial charge in [0, 0.05) is 12.5 Å². The Morgan fingerprint density at radius 1 is 1.42 bits per heavy atom. The summed E-state index contributed by atoms with van der Waals surface area (Å²) in [4.78, 5) is 17.0. The molecule has 0 saturated heterocycles. The Morgan fingerprint density at radius 3 is 2.54 bits per heavy atom. The van der Waals surface area contributed by atoms with E-state index in [-0.39, 0.29) is 11.5 Å². The van der Waals surface area contributed by atoms with Crippen molar-refractivity contribution in [2.45, 2.75) is 44.7 Å². The summed E-state index contributed by atoms with van der Waals surface area (Å²) in [6, 6.07) is 2.72. The van der Waals surface area contributed by atoms with Crippen molar-refractivity contribution in [3.8, 4) is 0 Å². The number of hydrogen-bond acceptors (Lipinski definition) is 4. The topological polar surface area (TPSA) is 68.1 Å². The minimum atomic E-state index is -4.24. The second kappa shape index (κ2) is 7.61. The van der Waals surface area contributed by atoms with Gasteiger partial charge in [0.05, 0.1) is 5.56 Å². The van der Waals surface area contributed by atoms with Crippen LogP contribution >= 0.6 is 0 Å². The van der Waals surface area contributed by atoms with Gasteiger partial charge in [-0.15, -0.1) is 4.36 Å². The lowest BCUT2D eigenvalue weighted by atomic mass is 10.1. The third-order valence-electron chi connectivity index (χ3n) is 3.54. The summed E-state index contributed by atoms with van der Waals surface area (Å²) in [6.45, 7) is 4.98. The number of alkyl halides is 1. The van der Waals surface area contributed by atoms with Gasteiger partial charge >= 0.3 is 0 Å². The van der Waals surface area contributed by atoms with Gasteiger partial charge in [-0.2, -0.15) is 0 Å². The Kier molecular flexibility index (Phi) is 5.90. The van der Waals surface area contributed by atoms with E-state index in [4.69, 9.17) is 4.84 Å². The summed E-state index contributed by atoms with van der Waals surface area (Å²) in [7, 11) is -4.24. The van der Waals surface area contributed by atoms with Crippen molar-refractivity contribution in [2.24, 2.45) is 9.52 Å². The van der Waals surface area contributed by atoms with Crippen molar-refractivity contribution in [3.05, 3.63) is 47.5 Å². The molecule has 0 aromatic heterocycles. The Morgan fingerprint density at radius 2 is 2.04 bits per heavy atom. The SMILES string of the molecule is CC/C=C/C(=O)N=S(=O)(C1=NOC(C)(C)C1)C(F)c1c(F)cccc1F. The van der Waals surface area contributed by atoms with Gasteiger partial charge in [0.15, 0.2) is 5.04 Å². The maximum absolute atomic E-state index is 15.1. The molecule has 0 aliphatic carbocycles. The van der Waals surface area contributed by atoms with E-state index in [0.717, 1.165) is 24.3 Å². The summed E-state index contributed by atoms with van der Waals surface area (Å²) in [5.74, 6) is -3.44. The number of hydrogen-bond donors (Lipinski definition) is 0. The molecule has 0 fully saturated rings. The van der Waals surface area contributed by atoms with Gasteiger partial charge < -0.3 is 4.84 Å². The van der Waals surface area contributed by atoms with E-state index in [2.05, 4.69) is 9.52 Å². The zero-order valence-corrected chi connectivity index (χ0v) is 15.4. The Balaban J connectivity index is 2.62. The molecule has 0 radical (unpaired) electrons. The van der Waals surface area contributed by atoms with Gasteiger partial charge in [-0.1, -0.05) is 24.2 Å². The molecule has 1 aliphatic rings. The molecule has 0 saturated carbocycles. The van der Waals surface area contributed by atoms with Crippen LogP contribution in [0.15, 0.2) is 39.9 Å². The Hall–Kier alpha value is -2.16. The van der Waals surface area contributed by atoms with E-state index < -0.39 is 43.9 Å². The van der Waals surface area contributed by atoms with Crippen LogP contribution in [0.3, 0.4) is 0 Å². The first-order valence-corrected chi connectivity index (χ1v) is 9.48. The van der Waals surface area contributed by atoms with Crippen molar-refractivity contribution in [1.29, 1.82) is 0 Å². The molecule has 0 bridgehead atoms. The average Bonchev–Trinajstić information content (AvgIpc) is 2.93. The summed E-state index contributed by atoms with van der Waals surface area (Å²) in [6.07, 6.45) is 2.86. The first-order valence-electron chi connectivity index (χ1n) is 7.90. The fourth-order valence-electron chi connectivity index (χ4n) is 2.25. The van der Waals surface area contributed by atoms with Crippen LogP contribution in [-0.4, -0.2) is 20.8 Å². The number of halogens is 3. The van der Waals surface area contributed by atoms with E-state index >= 15 is 4.39 Å². The average molecular weight is 388 g/mol. The first kappa shape index (κ1) is 20.2. The third-order valence-corrected chi connectivity index (χ3v) is 5.68. The lowest BCUT2D eigenvalue weighted by Crippen LogP contribution is -2.26. The molecule has 26 heavy (non-hydrogen) atoms. The number of rotatable bonds is 4. The highest BCUT2D eigenvalue weighted by Gasteiger charge is 2.42. The largest absolute Gasteiger partial charge is 0.389 e. The van der Waals surface area contributed by atoms with E-state index in [1.54, 1.807) is 20.8 Å². The Bertz CT molecular complexity index is 867. The molecular weight excluding hydrogens is 369 g/mol. The highest BCUT2D eigenvalue weighted by atomic mass is 32.2. The zero-order chi connectivity index (χ0) is 19.5. The minimum Gasteiger partial charge on any atom is -0.389 e. The number of nitrogens with zero attached hydrogens (tertiary/aromatic N) is 2. The highest BCUT2D eigenvalue weighted by molar-refractivity contribution is 8.08. The van der Waals surface area contributed by atoms with E-state index in [9.17, 15) is 17.8 Å². The molecule has 2 atom stereocenters. The lowest BCUT2D eigenvalue weighted by Gasteiger charge is -2.17. The van der Waals surface area contributed by atoms with Crippen LogP contribution in [0.2, 0.25) is 0 Å². The predicted molar refractivity (Wildman–Crippen MR) is 92.4 cm³/mol. The maximum atomic E-state index is 15.1. The van der Waals surface area contributed by atoms with Crippen molar-refractivity contribution in [2.75, 3.05) is 0 Å². The zero-order valence-electron chi connectivity index (χ0n) is 14.5. The lowest BCUT2D eigenvalue weighted by molar-refractivity contribution is -0.113. The molecule has 1 aromatic carbocycles. The van der Waals surface area contributed by atoms with Gasteiger partial charge in [-0.3, -0.25) is 4.79 Å². The van der Waals surface area contributed by atoms with Crippen molar-refractivity contribution >= 4 is 20.7 Å². The monoisotopic (exact) mass is 388 g/mol. The predicted octanol–water partition coefficient (Wildman–Crippen LogP) is 4.41. The van der Waals surface area contributed by atoms with E-state index in [1.165, 1.54) is 6.08 Å². The molecule has 2 rings (SSSR count). The number of carbonyl (C=O) groups is 1. The number of carbonyl (C=O) groups excluding carboxylic acids is 1. The second-order valence-corrected chi connectivity index (χ2v) is 8.48. The van der Waals surface area contributed by atoms with Crippen LogP contribution in [0.5, 0.6) is 0 Å². The number of benzene rings is 1. The molecule has 0 N–H and O–H groups in total.